The number of rotatable bonds is 4. The van der Waals surface area contributed by atoms with E-state index in [1.54, 1.807) is 17.7 Å². The van der Waals surface area contributed by atoms with Crippen molar-refractivity contribution in [3.05, 3.63) is 94.1 Å². The summed E-state index contributed by atoms with van der Waals surface area (Å²) in [6.45, 7) is 0. The minimum Gasteiger partial charge on any atom is -0.497 e. The third kappa shape index (κ3) is 3.17. The summed E-state index contributed by atoms with van der Waals surface area (Å²) in [5.74, 6) is 0.781. The fourth-order valence-corrected chi connectivity index (χ4v) is 4.41. The zero-order valence-electron chi connectivity index (χ0n) is 16.1. The summed E-state index contributed by atoms with van der Waals surface area (Å²) < 4.78 is 6.90. The van der Waals surface area contributed by atoms with Crippen LogP contribution < -0.4 is 10.3 Å². The number of aliphatic imine (C=N–C) groups is 1. The molecule has 0 aliphatic carbocycles. The lowest BCUT2D eigenvalue weighted by molar-refractivity contribution is 0.415. The average molecular weight is 411 g/mol. The van der Waals surface area contributed by atoms with Crippen LogP contribution in [0.4, 0.5) is 5.69 Å². The van der Waals surface area contributed by atoms with E-state index in [9.17, 15) is 4.79 Å². The van der Waals surface area contributed by atoms with E-state index in [1.165, 1.54) is 11.3 Å². The van der Waals surface area contributed by atoms with Gasteiger partial charge in [-0.3, -0.25) is 9.79 Å². The second-order valence-electron chi connectivity index (χ2n) is 6.69. The van der Waals surface area contributed by atoms with E-state index < -0.39 is 0 Å². The molecule has 2 heterocycles. The van der Waals surface area contributed by atoms with E-state index in [0.29, 0.717) is 15.9 Å². The topological polar surface area (TPSA) is 56.0 Å². The normalized spacial score (nSPS) is 11.5. The molecule has 0 saturated heterocycles. The van der Waals surface area contributed by atoms with E-state index >= 15 is 0 Å². The van der Waals surface area contributed by atoms with Crippen LogP contribution in [0.1, 0.15) is 4.88 Å². The summed E-state index contributed by atoms with van der Waals surface area (Å²) in [6.07, 6.45) is 1.80. The van der Waals surface area contributed by atoms with E-state index in [-0.39, 0.29) is 5.56 Å². The second kappa shape index (κ2) is 7.57. The highest BCUT2D eigenvalue weighted by atomic mass is 32.1. The van der Waals surface area contributed by atoms with Crippen LogP contribution in [-0.2, 0) is 0 Å². The van der Waals surface area contributed by atoms with Crippen molar-refractivity contribution in [2.75, 3.05) is 7.11 Å². The molecule has 0 spiro atoms. The van der Waals surface area contributed by atoms with Crippen molar-refractivity contribution in [1.82, 2.24) is 9.38 Å². The van der Waals surface area contributed by atoms with Gasteiger partial charge in [-0.2, -0.15) is 0 Å². The van der Waals surface area contributed by atoms with Crippen LogP contribution in [-0.4, -0.2) is 22.7 Å². The Hall–Kier alpha value is -3.77. The minimum absolute atomic E-state index is 0.0743. The number of methoxy groups -OCH3 is 1. The first-order valence-corrected chi connectivity index (χ1v) is 10.2. The fourth-order valence-electron chi connectivity index (χ4n) is 3.39. The van der Waals surface area contributed by atoms with Crippen LogP contribution in [0.3, 0.4) is 0 Å². The molecular weight excluding hydrogens is 394 g/mol. The fraction of sp³-hybridized carbons (Fsp3) is 0.0417. The van der Waals surface area contributed by atoms with Gasteiger partial charge < -0.3 is 4.74 Å². The Kier molecular flexibility index (Phi) is 4.61. The monoisotopic (exact) mass is 411 g/mol. The Bertz CT molecular complexity index is 1440. The molecular formula is C24H17N3O2S. The zero-order valence-corrected chi connectivity index (χ0v) is 17.0. The van der Waals surface area contributed by atoms with Crippen molar-refractivity contribution in [3.8, 4) is 17.0 Å². The van der Waals surface area contributed by atoms with Crippen LogP contribution in [0.2, 0.25) is 0 Å². The van der Waals surface area contributed by atoms with Gasteiger partial charge in [0, 0.05) is 11.8 Å². The molecule has 5 rings (SSSR count). The lowest BCUT2D eigenvalue weighted by Gasteiger charge is -2.04. The highest BCUT2D eigenvalue weighted by Gasteiger charge is 2.17. The van der Waals surface area contributed by atoms with Crippen LogP contribution in [0, 0.1) is 0 Å². The Labute approximate surface area is 176 Å². The molecule has 0 N–H and O–H groups in total. The largest absolute Gasteiger partial charge is 0.497 e. The quantitative estimate of drug-likeness (QED) is 0.375. The molecule has 5 nitrogen and oxygen atoms in total. The summed E-state index contributed by atoms with van der Waals surface area (Å²) in [7, 11) is 1.64. The molecule has 30 heavy (non-hydrogen) atoms. The first kappa shape index (κ1) is 18.3. The predicted octanol–water partition coefficient (Wildman–Crippen LogP) is 5.34. The van der Waals surface area contributed by atoms with Gasteiger partial charge in [0.15, 0.2) is 4.96 Å². The SMILES string of the molecule is COc1ccc(N=Cc2sc3nc4ccccc4c(=O)n3c2-c2ccccc2)cc1. The van der Waals surface area contributed by atoms with E-state index in [4.69, 9.17) is 9.72 Å². The molecule has 0 radical (unpaired) electrons. The highest BCUT2D eigenvalue weighted by molar-refractivity contribution is 7.19. The van der Waals surface area contributed by atoms with Crippen molar-refractivity contribution in [2.24, 2.45) is 4.99 Å². The smallest absolute Gasteiger partial charge is 0.266 e. The molecule has 0 unspecified atom stereocenters. The number of hydrogen-bond acceptors (Lipinski definition) is 5. The van der Waals surface area contributed by atoms with Gasteiger partial charge in [-0.25, -0.2) is 9.38 Å². The van der Waals surface area contributed by atoms with E-state index in [2.05, 4.69) is 4.99 Å². The number of nitrogens with zero attached hydrogens (tertiary/aromatic N) is 3. The molecule has 5 aromatic rings. The lowest BCUT2D eigenvalue weighted by atomic mass is 10.1. The van der Waals surface area contributed by atoms with Crippen LogP contribution in [0.5, 0.6) is 5.75 Å². The summed E-state index contributed by atoms with van der Waals surface area (Å²) in [5.41, 5.74) is 3.17. The molecule has 6 heteroatoms. The molecule has 3 aromatic carbocycles. The molecule has 0 bridgehead atoms. The van der Waals surface area contributed by atoms with Gasteiger partial charge in [0.1, 0.15) is 5.75 Å². The minimum atomic E-state index is -0.0743. The third-order valence-electron chi connectivity index (χ3n) is 4.85. The van der Waals surface area contributed by atoms with Gasteiger partial charge in [0.2, 0.25) is 0 Å². The summed E-state index contributed by atoms with van der Waals surface area (Å²) in [4.78, 5) is 24.2. The standard InChI is InChI=1S/C24H17N3O2S/c1-29-18-13-11-17(12-14-18)25-15-21-22(16-7-3-2-4-8-16)27-23(28)19-9-5-6-10-20(19)26-24(27)30-21/h2-15H,1H3. The maximum atomic E-state index is 13.3. The number of benzene rings is 3. The molecule has 0 aliphatic heterocycles. The van der Waals surface area contributed by atoms with Crippen molar-refractivity contribution in [1.29, 1.82) is 0 Å². The van der Waals surface area contributed by atoms with Crippen LogP contribution in [0.25, 0.3) is 27.1 Å². The van der Waals surface area contributed by atoms with Gasteiger partial charge in [-0.15, -0.1) is 0 Å². The average Bonchev–Trinajstić information content (AvgIpc) is 3.17. The number of fused-ring (bicyclic) bond motifs is 2. The molecule has 0 saturated carbocycles. The number of aromatic nitrogens is 2. The number of thiazole rings is 1. The summed E-state index contributed by atoms with van der Waals surface area (Å²) in [6, 6.07) is 24.8. The zero-order chi connectivity index (χ0) is 20.5. The Morgan fingerprint density at radius 2 is 1.70 bits per heavy atom. The summed E-state index contributed by atoms with van der Waals surface area (Å²) in [5, 5.41) is 0.601. The van der Waals surface area contributed by atoms with Gasteiger partial charge in [-0.05, 0) is 36.4 Å². The van der Waals surface area contributed by atoms with Gasteiger partial charge >= 0.3 is 0 Å². The summed E-state index contributed by atoms with van der Waals surface area (Å²) >= 11 is 1.45. The third-order valence-corrected chi connectivity index (χ3v) is 5.83. The Morgan fingerprint density at radius 3 is 2.47 bits per heavy atom. The maximum absolute atomic E-state index is 13.3. The molecule has 0 amide bonds. The molecule has 0 atom stereocenters. The van der Waals surface area contributed by atoms with Crippen molar-refractivity contribution >= 4 is 39.1 Å². The number of ether oxygens (including phenoxy) is 1. The highest BCUT2D eigenvalue weighted by Crippen LogP contribution is 2.30. The molecule has 146 valence electrons. The van der Waals surface area contributed by atoms with Crippen molar-refractivity contribution in [2.45, 2.75) is 0 Å². The van der Waals surface area contributed by atoms with Gasteiger partial charge in [0.25, 0.3) is 5.56 Å². The van der Waals surface area contributed by atoms with Gasteiger partial charge in [0.05, 0.1) is 34.3 Å². The Balaban J connectivity index is 1.74. The molecule has 0 fully saturated rings. The van der Waals surface area contributed by atoms with Crippen LogP contribution >= 0.6 is 11.3 Å². The number of para-hydroxylation sites is 1. The van der Waals surface area contributed by atoms with Crippen molar-refractivity contribution < 1.29 is 4.74 Å². The lowest BCUT2D eigenvalue weighted by Crippen LogP contribution is -2.15. The van der Waals surface area contributed by atoms with Crippen molar-refractivity contribution in [3.63, 3.8) is 0 Å². The van der Waals surface area contributed by atoms with Crippen LogP contribution in [0.15, 0.2) is 88.6 Å². The first-order valence-electron chi connectivity index (χ1n) is 9.42. The van der Waals surface area contributed by atoms with E-state index in [1.807, 2.05) is 78.9 Å². The first-order chi connectivity index (χ1) is 14.7. The second-order valence-corrected chi connectivity index (χ2v) is 7.70. The van der Waals surface area contributed by atoms with E-state index in [0.717, 1.165) is 27.6 Å². The van der Waals surface area contributed by atoms with Gasteiger partial charge in [-0.1, -0.05) is 53.8 Å². The maximum Gasteiger partial charge on any atom is 0.266 e. The predicted molar refractivity (Wildman–Crippen MR) is 123 cm³/mol. The number of hydrogen-bond donors (Lipinski definition) is 0. The molecule has 0 aliphatic rings. The molecule has 2 aromatic heterocycles. The Morgan fingerprint density at radius 1 is 0.967 bits per heavy atom.